The Kier molecular flexibility index (Phi) is 5.65. The summed E-state index contributed by atoms with van der Waals surface area (Å²) in [6.45, 7) is 7.94. The van der Waals surface area contributed by atoms with Crippen molar-refractivity contribution in [1.82, 2.24) is 5.32 Å². The van der Waals surface area contributed by atoms with Crippen molar-refractivity contribution in [3.05, 3.63) is 64.2 Å². The fourth-order valence-electron chi connectivity index (χ4n) is 3.48. The number of benzene rings is 2. The summed E-state index contributed by atoms with van der Waals surface area (Å²) in [5.74, 6) is 0.644. The number of fused-ring (bicyclic) bond motifs is 1. The van der Waals surface area contributed by atoms with E-state index in [0.717, 1.165) is 23.3 Å². The van der Waals surface area contributed by atoms with E-state index < -0.39 is 6.10 Å². The van der Waals surface area contributed by atoms with Gasteiger partial charge in [-0.15, -0.1) is 0 Å². The lowest BCUT2D eigenvalue weighted by Gasteiger charge is -2.22. The zero-order chi connectivity index (χ0) is 18.7. The molecule has 2 aromatic carbocycles. The smallest absolute Gasteiger partial charge is 0.261 e. The molecule has 2 aromatic rings. The maximum Gasteiger partial charge on any atom is 0.261 e. The highest BCUT2D eigenvalue weighted by Crippen LogP contribution is 2.25. The Labute approximate surface area is 156 Å². The summed E-state index contributed by atoms with van der Waals surface area (Å²) in [6, 6.07) is 12.5. The van der Waals surface area contributed by atoms with Crippen LogP contribution in [0.5, 0.6) is 5.75 Å². The number of carbonyl (C=O) groups is 1. The molecule has 0 radical (unpaired) electrons. The molecule has 26 heavy (non-hydrogen) atoms. The molecule has 2 atom stereocenters. The Morgan fingerprint density at radius 3 is 2.42 bits per heavy atom. The number of nitrogens with one attached hydrogen (secondary N) is 1. The Balaban J connectivity index is 1.62. The molecule has 3 nitrogen and oxygen atoms in total. The monoisotopic (exact) mass is 351 g/mol. The van der Waals surface area contributed by atoms with Crippen LogP contribution in [-0.2, 0) is 17.6 Å². The summed E-state index contributed by atoms with van der Waals surface area (Å²) in [5.41, 5.74) is 6.45. The Morgan fingerprint density at radius 2 is 1.69 bits per heavy atom. The van der Waals surface area contributed by atoms with Crippen LogP contribution in [0.3, 0.4) is 0 Å². The van der Waals surface area contributed by atoms with E-state index in [0.29, 0.717) is 0 Å². The topological polar surface area (TPSA) is 38.3 Å². The Bertz CT molecular complexity index is 797. The van der Waals surface area contributed by atoms with Crippen LogP contribution in [0.2, 0.25) is 0 Å². The van der Waals surface area contributed by atoms with Crippen molar-refractivity contribution in [2.75, 3.05) is 0 Å². The van der Waals surface area contributed by atoms with E-state index in [-0.39, 0.29) is 11.9 Å². The number of hydrogen-bond donors (Lipinski definition) is 1. The van der Waals surface area contributed by atoms with Crippen molar-refractivity contribution in [3.63, 3.8) is 0 Å². The number of carbonyl (C=O) groups excluding carboxylic acids is 1. The fourth-order valence-corrected chi connectivity index (χ4v) is 3.48. The number of rotatable bonds is 5. The van der Waals surface area contributed by atoms with Gasteiger partial charge in [-0.25, -0.2) is 0 Å². The van der Waals surface area contributed by atoms with Gasteiger partial charge in [-0.1, -0.05) is 24.3 Å². The average molecular weight is 351 g/mol. The van der Waals surface area contributed by atoms with Gasteiger partial charge in [0.05, 0.1) is 6.04 Å². The lowest BCUT2D eigenvalue weighted by molar-refractivity contribution is -0.127. The van der Waals surface area contributed by atoms with Crippen LogP contribution in [0.4, 0.5) is 0 Å². The van der Waals surface area contributed by atoms with E-state index in [4.69, 9.17) is 4.74 Å². The van der Waals surface area contributed by atoms with Gasteiger partial charge < -0.3 is 10.1 Å². The lowest BCUT2D eigenvalue weighted by Crippen LogP contribution is -2.37. The molecule has 0 fully saturated rings. The van der Waals surface area contributed by atoms with Crippen LogP contribution in [-0.4, -0.2) is 12.0 Å². The summed E-state index contributed by atoms with van der Waals surface area (Å²) in [4.78, 5) is 12.5. The number of aryl methyl sites for hydroxylation is 4. The zero-order valence-corrected chi connectivity index (χ0v) is 16.3. The second kappa shape index (κ2) is 7.94. The number of amides is 1. The highest BCUT2D eigenvalue weighted by atomic mass is 16.5. The molecule has 0 saturated carbocycles. The third-order valence-electron chi connectivity index (χ3n) is 5.39. The molecule has 0 spiro atoms. The van der Waals surface area contributed by atoms with E-state index in [1.807, 2.05) is 32.0 Å². The molecule has 1 aliphatic rings. The second-order valence-corrected chi connectivity index (χ2v) is 7.47. The van der Waals surface area contributed by atoms with Gasteiger partial charge in [0.1, 0.15) is 5.75 Å². The van der Waals surface area contributed by atoms with Crippen LogP contribution >= 0.6 is 0 Å². The van der Waals surface area contributed by atoms with Crippen molar-refractivity contribution in [2.24, 2.45) is 0 Å². The van der Waals surface area contributed by atoms with E-state index >= 15 is 0 Å². The summed E-state index contributed by atoms with van der Waals surface area (Å²) in [7, 11) is 0. The molecule has 0 bridgehead atoms. The molecule has 1 aliphatic carbocycles. The summed E-state index contributed by atoms with van der Waals surface area (Å²) in [6.07, 6.45) is 4.34. The minimum absolute atomic E-state index is 0.0273. The second-order valence-electron chi connectivity index (χ2n) is 7.47. The van der Waals surface area contributed by atoms with Crippen LogP contribution < -0.4 is 10.1 Å². The fraction of sp³-hybridized carbons (Fsp3) is 0.435. The quantitative estimate of drug-likeness (QED) is 0.838. The molecule has 1 N–H and O–H groups in total. The van der Waals surface area contributed by atoms with Crippen LogP contribution in [0.25, 0.3) is 0 Å². The molecular weight excluding hydrogens is 322 g/mol. The largest absolute Gasteiger partial charge is 0.481 e. The van der Waals surface area contributed by atoms with Gasteiger partial charge in [0.2, 0.25) is 0 Å². The third-order valence-corrected chi connectivity index (χ3v) is 5.39. The first-order valence-corrected chi connectivity index (χ1v) is 9.60. The van der Waals surface area contributed by atoms with E-state index in [9.17, 15) is 4.79 Å². The van der Waals surface area contributed by atoms with Crippen molar-refractivity contribution < 1.29 is 9.53 Å². The normalized spacial score (nSPS) is 15.7. The van der Waals surface area contributed by atoms with Gasteiger partial charge in [0.25, 0.3) is 5.91 Å². The highest BCUT2D eigenvalue weighted by molar-refractivity contribution is 5.81. The maximum atomic E-state index is 12.5. The lowest BCUT2D eigenvalue weighted by atomic mass is 9.89. The van der Waals surface area contributed by atoms with Gasteiger partial charge in [0, 0.05) is 0 Å². The van der Waals surface area contributed by atoms with E-state index in [2.05, 4.69) is 30.4 Å². The maximum absolute atomic E-state index is 12.5. The highest BCUT2D eigenvalue weighted by Gasteiger charge is 2.19. The van der Waals surface area contributed by atoms with Crippen molar-refractivity contribution in [1.29, 1.82) is 0 Å². The summed E-state index contributed by atoms with van der Waals surface area (Å²) in [5, 5.41) is 3.09. The average Bonchev–Trinajstić information content (AvgIpc) is 2.64. The number of ether oxygens (including phenoxy) is 1. The molecular formula is C23H29NO2. The van der Waals surface area contributed by atoms with Gasteiger partial charge in [0.15, 0.2) is 6.10 Å². The molecule has 3 heteroatoms. The van der Waals surface area contributed by atoms with Crippen molar-refractivity contribution in [3.8, 4) is 5.75 Å². The molecule has 0 saturated heterocycles. The standard InChI is InChI=1S/C23H29NO2/c1-15-9-12-22(13-16(15)2)26-18(4)23(25)24-17(3)20-11-10-19-7-5-6-8-21(19)14-20/h9-14,17-18H,5-8H2,1-4H3,(H,24,25)/t17-,18-/m0/s1. The predicted molar refractivity (Wildman–Crippen MR) is 106 cm³/mol. The van der Waals surface area contributed by atoms with Gasteiger partial charge >= 0.3 is 0 Å². The zero-order valence-electron chi connectivity index (χ0n) is 16.3. The number of hydrogen-bond acceptors (Lipinski definition) is 2. The third kappa shape index (κ3) is 4.27. The first kappa shape index (κ1) is 18.5. The summed E-state index contributed by atoms with van der Waals surface area (Å²) < 4.78 is 5.83. The Hall–Kier alpha value is -2.29. The molecule has 0 heterocycles. The molecule has 3 rings (SSSR count). The van der Waals surface area contributed by atoms with Gasteiger partial charge in [-0.2, -0.15) is 0 Å². The van der Waals surface area contributed by atoms with Gasteiger partial charge in [-0.05, 0) is 93.3 Å². The molecule has 138 valence electrons. The first-order valence-electron chi connectivity index (χ1n) is 9.60. The van der Waals surface area contributed by atoms with Crippen molar-refractivity contribution >= 4 is 5.91 Å². The molecule has 0 unspecified atom stereocenters. The van der Waals surface area contributed by atoms with Crippen molar-refractivity contribution in [2.45, 2.75) is 65.5 Å². The summed E-state index contributed by atoms with van der Waals surface area (Å²) >= 11 is 0. The predicted octanol–water partition coefficient (Wildman–Crippen LogP) is 4.83. The van der Waals surface area contributed by atoms with Crippen LogP contribution in [0.1, 0.15) is 60.5 Å². The molecule has 1 amide bonds. The first-order chi connectivity index (χ1) is 12.4. The van der Waals surface area contributed by atoms with E-state index in [1.165, 1.54) is 36.0 Å². The van der Waals surface area contributed by atoms with Crippen LogP contribution in [0, 0.1) is 13.8 Å². The minimum Gasteiger partial charge on any atom is -0.481 e. The van der Waals surface area contributed by atoms with E-state index in [1.54, 1.807) is 6.92 Å². The Morgan fingerprint density at radius 1 is 0.962 bits per heavy atom. The van der Waals surface area contributed by atoms with Crippen LogP contribution in [0.15, 0.2) is 36.4 Å². The molecule has 0 aliphatic heterocycles. The minimum atomic E-state index is -0.530. The molecule has 0 aromatic heterocycles. The van der Waals surface area contributed by atoms with Gasteiger partial charge in [-0.3, -0.25) is 4.79 Å². The SMILES string of the molecule is Cc1ccc(O[C@@H](C)C(=O)N[C@@H](C)c2ccc3c(c2)CCCC3)cc1C.